The SMILES string of the molecule is O=C(CSc1[nH]c2ccccc2[n+]1S(=O)(=O)c1ccccc1)Nc1ccc(N2CCN(C(=O)c3cccc(F)c3)CC2)cc1. The number of fused-ring (bicyclic) bond motifs is 1. The average Bonchev–Trinajstić information content (AvgIpc) is 3.44. The van der Waals surface area contributed by atoms with E-state index in [-0.39, 0.29) is 22.5 Å². The van der Waals surface area contributed by atoms with E-state index in [1.165, 1.54) is 22.2 Å². The standard InChI is InChI=1S/C32H28FN5O4S2/c33-24-8-6-7-23(21-24)31(40)37-19-17-36(18-20-37)26-15-13-25(14-16-26)34-30(39)22-43-32-35-28-11-4-5-12-29(28)38(32)44(41,42)27-9-2-1-3-10-27/h1-16,21H,17-20,22H2,(H,34,39)/p+1. The molecule has 4 aromatic carbocycles. The Bertz CT molecular complexity index is 1920. The van der Waals surface area contributed by atoms with Crippen molar-refractivity contribution < 1.29 is 26.4 Å². The van der Waals surface area contributed by atoms with Crippen LogP contribution in [-0.4, -0.2) is 62.0 Å². The van der Waals surface area contributed by atoms with E-state index in [9.17, 15) is 22.4 Å². The van der Waals surface area contributed by atoms with E-state index < -0.39 is 15.8 Å². The van der Waals surface area contributed by atoms with E-state index in [0.717, 1.165) is 17.4 Å². The predicted molar refractivity (Wildman–Crippen MR) is 168 cm³/mol. The Balaban J connectivity index is 1.07. The minimum Gasteiger partial charge on any atom is -0.368 e. The number of anilines is 2. The van der Waals surface area contributed by atoms with Crippen LogP contribution in [0.1, 0.15) is 10.4 Å². The van der Waals surface area contributed by atoms with E-state index in [2.05, 4.69) is 15.2 Å². The molecule has 0 radical (unpaired) electrons. The van der Waals surface area contributed by atoms with Gasteiger partial charge in [0.2, 0.25) is 5.91 Å². The number of nitrogens with one attached hydrogen (secondary N) is 2. The maximum atomic E-state index is 13.5. The Kier molecular flexibility index (Phi) is 8.36. The second kappa shape index (κ2) is 12.5. The number of hydrogen-bond donors (Lipinski definition) is 2. The average molecular weight is 631 g/mol. The Labute approximate surface area is 258 Å². The molecule has 1 fully saturated rings. The number of amides is 2. The van der Waals surface area contributed by atoms with Crippen LogP contribution in [0, 0.1) is 5.82 Å². The third-order valence-electron chi connectivity index (χ3n) is 7.32. The molecule has 5 aromatic rings. The summed E-state index contributed by atoms with van der Waals surface area (Å²) in [5, 5.41) is 3.21. The number of carbonyl (C=O) groups is 2. The highest BCUT2D eigenvalue weighted by Gasteiger charge is 2.32. The van der Waals surface area contributed by atoms with Crippen LogP contribution in [0.2, 0.25) is 0 Å². The number of piperazine rings is 1. The number of halogens is 1. The maximum absolute atomic E-state index is 13.5. The second-order valence-corrected chi connectivity index (χ2v) is 13.0. The first-order valence-corrected chi connectivity index (χ1v) is 16.4. The first-order valence-electron chi connectivity index (χ1n) is 14.0. The molecule has 1 aromatic heterocycles. The van der Waals surface area contributed by atoms with E-state index in [1.54, 1.807) is 59.5 Å². The topological polar surface area (TPSA) is 106 Å². The molecule has 0 aliphatic carbocycles. The fourth-order valence-corrected chi connectivity index (χ4v) is 7.71. The Morgan fingerprint density at radius 2 is 1.57 bits per heavy atom. The summed E-state index contributed by atoms with van der Waals surface area (Å²) in [6.07, 6.45) is 0. The lowest BCUT2D eigenvalue weighted by Crippen LogP contribution is -2.48. The minimum atomic E-state index is -3.91. The summed E-state index contributed by atoms with van der Waals surface area (Å²) in [4.78, 5) is 32.8. The van der Waals surface area contributed by atoms with E-state index in [0.29, 0.717) is 53.6 Å². The first-order chi connectivity index (χ1) is 21.3. The lowest BCUT2D eigenvalue weighted by Gasteiger charge is -2.36. The first kappa shape index (κ1) is 29.4. The number of hydrogen-bond acceptors (Lipinski definition) is 6. The van der Waals surface area contributed by atoms with E-state index in [1.807, 2.05) is 30.3 Å². The number of rotatable bonds is 8. The van der Waals surface area contributed by atoms with E-state index in [4.69, 9.17) is 0 Å². The third-order valence-corrected chi connectivity index (χ3v) is 10.1. The van der Waals surface area contributed by atoms with Gasteiger partial charge >= 0.3 is 15.2 Å². The van der Waals surface area contributed by atoms with Gasteiger partial charge in [0.05, 0.1) is 5.75 Å². The predicted octanol–water partition coefficient (Wildman–Crippen LogP) is 4.52. The highest BCUT2D eigenvalue weighted by Crippen LogP contribution is 2.23. The number of thioether (sulfide) groups is 1. The van der Waals surface area contributed by atoms with Crippen molar-refractivity contribution in [1.29, 1.82) is 0 Å². The van der Waals surface area contributed by atoms with Crippen LogP contribution in [-0.2, 0) is 14.8 Å². The Morgan fingerprint density at radius 1 is 0.864 bits per heavy atom. The van der Waals surface area contributed by atoms with Crippen molar-refractivity contribution in [3.05, 3.63) is 115 Å². The van der Waals surface area contributed by atoms with Crippen LogP contribution < -0.4 is 14.2 Å². The summed E-state index contributed by atoms with van der Waals surface area (Å²) in [5.74, 6) is -0.914. The quantitative estimate of drug-likeness (QED) is 0.193. The summed E-state index contributed by atoms with van der Waals surface area (Å²) in [7, 11) is -3.91. The number of imidazole rings is 1. The van der Waals surface area contributed by atoms with Gasteiger partial charge < -0.3 is 15.1 Å². The van der Waals surface area contributed by atoms with Gasteiger partial charge in [0.1, 0.15) is 10.7 Å². The molecule has 0 saturated carbocycles. The third kappa shape index (κ3) is 6.17. The van der Waals surface area contributed by atoms with Crippen molar-refractivity contribution in [2.24, 2.45) is 0 Å². The van der Waals surface area contributed by atoms with Gasteiger partial charge in [-0.15, -0.1) is 3.97 Å². The van der Waals surface area contributed by atoms with Crippen molar-refractivity contribution >= 4 is 56.0 Å². The van der Waals surface area contributed by atoms with Crippen LogP contribution in [0.3, 0.4) is 0 Å². The van der Waals surface area contributed by atoms with Gasteiger partial charge in [0.25, 0.3) is 5.91 Å². The van der Waals surface area contributed by atoms with Crippen LogP contribution in [0.4, 0.5) is 15.8 Å². The highest BCUT2D eigenvalue weighted by molar-refractivity contribution is 8.00. The fraction of sp³-hybridized carbons (Fsp3) is 0.156. The van der Waals surface area contributed by atoms with Gasteiger partial charge in [0, 0.05) is 43.1 Å². The lowest BCUT2D eigenvalue weighted by atomic mass is 10.1. The molecular formula is C32H29FN5O4S2+. The molecule has 0 unspecified atom stereocenters. The summed E-state index contributed by atoms with van der Waals surface area (Å²) in [5.41, 5.74) is 3.05. The molecule has 6 rings (SSSR count). The number of aromatic amines is 1. The zero-order valence-corrected chi connectivity index (χ0v) is 25.2. The summed E-state index contributed by atoms with van der Waals surface area (Å²) < 4.78 is 41.9. The number of H-pyrrole nitrogens is 1. The molecular weight excluding hydrogens is 602 g/mol. The summed E-state index contributed by atoms with van der Waals surface area (Å²) in [6, 6.07) is 28.4. The second-order valence-electron chi connectivity index (χ2n) is 10.2. The zero-order chi connectivity index (χ0) is 30.7. The molecule has 224 valence electrons. The summed E-state index contributed by atoms with van der Waals surface area (Å²) >= 11 is 1.10. The zero-order valence-electron chi connectivity index (χ0n) is 23.5. The molecule has 2 amide bonds. The normalized spacial score (nSPS) is 13.7. The molecule has 0 bridgehead atoms. The van der Waals surface area contributed by atoms with Crippen molar-refractivity contribution in [2.75, 3.05) is 42.1 Å². The van der Waals surface area contributed by atoms with Gasteiger partial charge in [-0.05, 0) is 78.5 Å². The van der Waals surface area contributed by atoms with Crippen LogP contribution in [0.5, 0.6) is 0 Å². The van der Waals surface area contributed by atoms with Gasteiger partial charge in [0.15, 0.2) is 11.0 Å². The molecule has 2 N–H and O–H groups in total. The molecule has 1 aliphatic rings. The van der Waals surface area contributed by atoms with Crippen LogP contribution in [0.15, 0.2) is 113 Å². The number of para-hydroxylation sites is 2. The number of nitrogens with zero attached hydrogens (tertiary/aromatic N) is 3. The molecule has 1 saturated heterocycles. The van der Waals surface area contributed by atoms with Gasteiger partial charge in [-0.1, -0.05) is 36.4 Å². The molecule has 1 aliphatic heterocycles. The number of carbonyl (C=O) groups excluding carboxylic acids is 2. The molecule has 44 heavy (non-hydrogen) atoms. The van der Waals surface area contributed by atoms with Crippen molar-refractivity contribution in [3.8, 4) is 0 Å². The van der Waals surface area contributed by atoms with Crippen LogP contribution >= 0.6 is 11.8 Å². The van der Waals surface area contributed by atoms with Gasteiger partial charge in [-0.2, -0.15) is 8.42 Å². The monoisotopic (exact) mass is 630 g/mol. The Morgan fingerprint density at radius 3 is 2.30 bits per heavy atom. The van der Waals surface area contributed by atoms with Crippen LogP contribution in [0.25, 0.3) is 11.0 Å². The Hall–Kier alpha value is -4.68. The molecule has 2 heterocycles. The molecule has 12 heteroatoms. The van der Waals surface area contributed by atoms with Gasteiger partial charge in [-0.25, -0.2) is 9.37 Å². The van der Waals surface area contributed by atoms with Crippen molar-refractivity contribution in [1.82, 2.24) is 9.88 Å². The van der Waals surface area contributed by atoms with E-state index >= 15 is 0 Å². The lowest BCUT2D eigenvalue weighted by molar-refractivity contribution is -0.526. The number of aromatic nitrogens is 2. The van der Waals surface area contributed by atoms with Gasteiger partial charge in [-0.3, -0.25) is 9.59 Å². The largest absolute Gasteiger partial charge is 0.368 e. The maximum Gasteiger partial charge on any atom is 0.336 e. The molecule has 0 spiro atoms. The highest BCUT2D eigenvalue weighted by atomic mass is 32.2. The van der Waals surface area contributed by atoms with Crippen molar-refractivity contribution in [3.63, 3.8) is 0 Å². The molecule has 9 nitrogen and oxygen atoms in total. The molecule has 0 atom stereocenters. The fourth-order valence-electron chi connectivity index (χ4n) is 5.12. The summed E-state index contributed by atoms with van der Waals surface area (Å²) in [6.45, 7) is 2.27. The minimum absolute atomic E-state index is 0.0137. The van der Waals surface area contributed by atoms with Crippen molar-refractivity contribution in [2.45, 2.75) is 10.1 Å². The number of benzene rings is 4. The smallest absolute Gasteiger partial charge is 0.336 e.